The summed E-state index contributed by atoms with van der Waals surface area (Å²) < 4.78 is 0. The molecule has 2 rings (SSSR count). The maximum Gasteiger partial charge on any atom is 0.0826 e. The van der Waals surface area contributed by atoms with Gasteiger partial charge in [-0.1, -0.05) is 6.42 Å². The first-order chi connectivity index (χ1) is 6.26. The largest absolute Gasteiger partial charge is 0.388 e. The van der Waals surface area contributed by atoms with Gasteiger partial charge >= 0.3 is 0 Å². The van der Waals surface area contributed by atoms with Crippen LogP contribution >= 0.6 is 0 Å². The van der Waals surface area contributed by atoms with E-state index < -0.39 is 5.60 Å². The molecule has 2 unspecified atom stereocenters. The van der Waals surface area contributed by atoms with E-state index >= 15 is 0 Å². The molecule has 0 radical (unpaired) electrons. The molecular weight excluding hydrogens is 164 g/mol. The van der Waals surface area contributed by atoms with E-state index in [0.717, 1.165) is 25.8 Å². The Labute approximate surface area is 79.9 Å². The van der Waals surface area contributed by atoms with Gasteiger partial charge in [0.2, 0.25) is 0 Å². The summed E-state index contributed by atoms with van der Waals surface area (Å²) in [7, 11) is 0. The molecule has 0 aromatic carbocycles. The Bertz CT molecular complexity index is 186. The van der Waals surface area contributed by atoms with Crippen molar-refractivity contribution in [2.75, 3.05) is 19.6 Å². The quantitative estimate of drug-likeness (QED) is 0.650. The fourth-order valence-electron chi connectivity index (χ4n) is 2.91. The molecule has 76 valence electrons. The minimum absolute atomic E-state index is 0.407. The minimum atomic E-state index is -0.463. The highest BCUT2D eigenvalue weighted by Gasteiger charge is 2.45. The van der Waals surface area contributed by atoms with Gasteiger partial charge < -0.3 is 10.8 Å². The van der Waals surface area contributed by atoms with Crippen LogP contribution in [0.4, 0.5) is 0 Å². The smallest absolute Gasteiger partial charge is 0.0826 e. The van der Waals surface area contributed by atoms with Crippen LogP contribution in [0.1, 0.15) is 32.1 Å². The number of fused-ring (bicyclic) bond motifs is 1. The monoisotopic (exact) mass is 184 g/mol. The summed E-state index contributed by atoms with van der Waals surface area (Å²) in [6.45, 7) is 2.86. The first-order valence-electron chi connectivity index (χ1n) is 5.43. The number of rotatable bonds is 2. The second kappa shape index (κ2) is 3.56. The molecule has 3 nitrogen and oxygen atoms in total. The van der Waals surface area contributed by atoms with Crippen LogP contribution in [0.5, 0.6) is 0 Å². The lowest BCUT2D eigenvalue weighted by Gasteiger charge is -2.37. The first kappa shape index (κ1) is 9.44. The first-order valence-corrected chi connectivity index (χ1v) is 5.43. The van der Waals surface area contributed by atoms with E-state index in [0.29, 0.717) is 12.6 Å². The molecule has 2 aliphatic rings. The Morgan fingerprint density at radius 1 is 1.38 bits per heavy atom. The van der Waals surface area contributed by atoms with Crippen molar-refractivity contribution in [3.8, 4) is 0 Å². The molecule has 0 aromatic heterocycles. The third-order valence-electron chi connectivity index (χ3n) is 3.64. The molecule has 2 heterocycles. The fraction of sp³-hybridized carbons (Fsp3) is 1.00. The zero-order valence-electron chi connectivity index (χ0n) is 8.21. The van der Waals surface area contributed by atoms with Crippen LogP contribution in [0.2, 0.25) is 0 Å². The van der Waals surface area contributed by atoms with Gasteiger partial charge in [-0.2, -0.15) is 0 Å². The summed E-state index contributed by atoms with van der Waals surface area (Å²) >= 11 is 0. The molecule has 3 heteroatoms. The van der Waals surface area contributed by atoms with Crippen molar-refractivity contribution in [2.24, 2.45) is 5.73 Å². The number of aliphatic hydroxyl groups is 1. The average molecular weight is 184 g/mol. The maximum absolute atomic E-state index is 10.4. The Morgan fingerprint density at radius 2 is 2.23 bits per heavy atom. The number of nitrogens with zero attached hydrogens (tertiary/aromatic N) is 1. The van der Waals surface area contributed by atoms with Crippen LogP contribution in [0.15, 0.2) is 0 Å². The van der Waals surface area contributed by atoms with Crippen molar-refractivity contribution in [1.82, 2.24) is 4.90 Å². The lowest BCUT2D eigenvalue weighted by atomic mass is 9.86. The molecule has 0 aliphatic carbocycles. The molecule has 0 spiro atoms. The van der Waals surface area contributed by atoms with Crippen molar-refractivity contribution >= 4 is 0 Å². The molecule has 13 heavy (non-hydrogen) atoms. The summed E-state index contributed by atoms with van der Waals surface area (Å²) in [5, 5.41) is 10.4. The molecule has 2 aliphatic heterocycles. The summed E-state index contributed by atoms with van der Waals surface area (Å²) in [5.74, 6) is 0. The SMILES string of the molecule is NCCC1(O)CCN2CCCCC21. The van der Waals surface area contributed by atoms with Crippen molar-refractivity contribution in [2.45, 2.75) is 43.7 Å². The highest BCUT2D eigenvalue weighted by molar-refractivity contribution is 5.01. The summed E-state index contributed by atoms with van der Waals surface area (Å²) in [6.07, 6.45) is 5.43. The number of hydrogen-bond donors (Lipinski definition) is 2. The molecule has 0 bridgehead atoms. The molecule has 0 amide bonds. The predicted octanol–water partition coefficient (Wildman–Crippen LogP) is 0.324. The van der Waals surface area contributed by atoms with Crippen LogP contribution < -0.4 is 5.73 Å². The van der Waals surface area contributed by atoms with Crippen molar-refractivity contribution < 1.29 is 5.11 Å². The molecule has 0 saturated carbocycles. The Hall–Kier alpha value is -0.120. The molecule has 0 aromatic rings. The van der Waals surface area contributed by atoms with Gasteiger partial charge in [0.25, 0.3) is 0 Å². The number of nitrogens with two attached hydrogens (primary N) is 1. The number of piperidine rings is 1. The van der Waals surface area contributed by atoms with Gasteiger partial charge in [0.15, 0.2) is 0 Å². The van der Waals surface area contributed by atoms with Crippen molar-refractivity contribution in [3.63, 3.8) is 0 Å². The van der Waals surface area contributed by atoms with E-state index in [-0.39, 0.29) is 0 Å². The fourth-order valence-corrected chi connectivity index (χ4v) is 2.91. The van der Waals surface area contributed by atoms with Crippen LogP contribution in [0.25, 0.3) is 0 Å². The highest BCUT2D eigenvalue weighted by atomic mass is 16.3. The summed E-state index contributed by atoms with van der Waals surface area (Å²) in [4.78, 5) is 2.44. The van der Waals surface area contributed by atoms with E-state index in [4.69, 9.17) is 5.73 Å². The Kier molecular flexibility index (Phi) is 2.58. The van der Waals surface area contributed by atoms with Crippen molar-refractivity contribution in [3.05, 3.63) is 0 Å². The summed E-state index contributed by atoms with van der Waals surface area (Å²) in [5.41, 5.74) is 5.07. The van der Waals surface area contributed by atoms with E-state index in [1.165, 1.54) is 19.4 Å². The standard InChI is InChI=1S/C10H20N2O/c11-6-4-10(13)5-8-12-7-2-1-3-9(10)12/h9,13H,1-8,11H2. The van der Waals surface area contributed by atoms with Gasteiger partial charge in [0, 0.05) is 12.6 Å². The lowest BCUT2D eigenvalue weighted by Crippen LogP contribution is -2.47. The maximum atomic E-state index is 10.4. The van der Waals surface area contributed by atoms with Gasteiger partial charge in [0.1, 0.15) is 0 Å². The van der Waals surface area contributed by atoms with E-state index in [9.17, 15) is 5.11 Å². The average Bonchev–Trinajstić information content (AvgIpc) is 2.46. The normalized spacial score (nSPS) is 40.6. The molecule has 3 N–H and O–H groups in total. The highest BCUT2D eigenvalue weighted by Crippen LogP contribution is 2.36. The van der Waals surface area contributed by atoms with Crippen LogP contribution in [0, 0.1) is 0 Å². The van der Waals surface area contributed by atoms with Crippen LogP contribution in [-0.2, 0) is 0 Å². The van der Waals surface area contributed by atoms with Gasteiger partial charge in [-0.3, -0.25) is 4.90 Å². The third-order valence-corrected chi connectivity index (χ3v) is 3.64. The zero-order valence-corrected chi connectivity index (χ0v) is 8.21. The van der Waals surface area contributed by atoms with Crippen LogP contribution in [0.3, 0.4) is 0 Å². The van der Waals surface area contributed by atoms with Gasteiger partial charge in [-0.05, 0) is 38.8 Å². The molecule has 2 fully saturated rings. The number of hydrogen-bond acceptors (Lipinski definition) is 3. The van der Waals surface area contributed by atoms with Gasteiger partial charge in [0.05, 0.1) is 5.60 Å². The van der Waals surface area contributed by atoms with E-state index in [1.54, 1.807) is 0 Å². The topological polar surface area (TPSA) is 49.5 Å². The van der Waals surface area contributed by atoms with Gasteiger partial charge in [-0.15, -0.1) is 0 Å². The van der Waals surface area contributed by atoms with Gasteiger partial charge in [-0.25, -0.2) is 0 Å². The minimum Gasteiger partial charge on any atom is -0.388 e. The second-order valence-corrected chi connectivity index (χ2v) is 4.44. The zero-order chi connectivity index (χ0) is 9.31. The van der Waals surface area contributed by atoms with Crippen molar-refractivity contribution in [1.29, 1.82) is 0 Å². The Balaban J connectivity index is 2.05. The van der Waals surface area contributed by atoms with Crippen LogP contribution in [-0.4, -0.2) is 41.3 Å². The predicted molar refractivity (Wildman–Crippen MR) is 52.5 cm³/mol. The third kappa shape index (κ3) is 1.60. The molecular formula is C10H20N2O. The van der Waals surface area contributed by atoms with E-state index in [1.807, 2.05) is 0 Å². The molecule has 2 atom stereocenters. The van der Waals surface area contributed by atoms with E-state index in [2.05, 4.69) is 4.90 Å². The Morgan fingerprint density at radius 3 is 3.00 bits per heavy atom. The second-order valence-electron chi connectivity index (χ2n) is 4.44. The molecule has 2 saturated heterocycles. The lowest BCUT2D eigenvalue weighted by molar-refractivity contribution is -0.0139. The summed E-state index contributed by atoms with van der Waals surface area (Å²) in [6, 6.07) is 0.407.